The molecule has 0 fully saturated rings. The Bertz CT molecular complexity index is 637. The van der Waals surface area contributed by atoms with Gasteiger partial charge in [-0.15, -0.1) is 11.3 Å². The summed E-state index contributed by atoms with van der Waals surface area (Å²) in [5.74, 6) is 0. The van der Waals surface area contributed by atoms with Crippen molar-refractivity contribution in [3.63, 3.8) is 0 Å². The van der Waals surface area contributed by atoms with E-state index in [9.17, 15) is 8.42 Å². The lowest BCUT2D eigenvalue weighted by molar-refractivity contribution is 0.561. The SMILES string of the molecule is NCc1cc(S(=O)(=O)NCCn2cccn2)c(Br)s1. The summed E-state index contributed by atoms with van der Waals surface area (Å²) in [6, 6.07) is 3.38. The first-order valence-electron chi connectivity index (χ1n) is 5.48. The van der Waals surface area contributed by atoms with Gasteiger partial charge < -0.3 is 5.73 Å². The number of nitrogens with two attached hydrogens (primary N) is 1. The molecule has 9 heteroatoms. The number of hydrogen-bond donors (Lipinski definition) is 2. The minimum Gasteiger partial charge on any atom is -0.326 e. The van der Waals surface area contributed by atoms with Crippen LogP contribution in [0.15, 0.2) is 33.2 Å². The molecule has 104 valence electrons. The van der Waals surface area contributed by atoms with Crippen LogP contribution in [0.25, 0.3) is 0 Å². The van der Waals surface area contributed by atoms with Gasteiger partial charge in [-0.3, -0.25) is 4.68 Å². The van der Waals surface area contributed by atoms with Gasteiger partial charge in [0.05, 0.1) is 10.3 Å². The zero-order valence-corrected chi connectivity index (χ0v) is 13.1. The van der Waals surface area contributed by atoms with Crippen molar-refractivity contribution >= 4 is 37.3 Å². The molecule has 0 bridgehead atoms. The van der Waals surface area contributed by atoms with Gasteiger partial charge in [0.25, 0.3) is 0 Å². The average molecular weight is 365 g/mol. The van der Waals surface area contributed by atoms with E-state index >= 15 is 0 Å². The summed E-state index contributed by atoms with van der Waals surface area (Å²) >= 11 is 4.58. The van der Waals surface area contributed by atoms with Crippen LogP contribution in [0, 0.1) is 0 Å². The van der Waals surface area contributed by atoms with Gasteiger partial charge >= 0.3 is 0 Å². The Balaban J connectivity index is 2.03. The first-order chi connectivity index (χ1) is 9.03. The Morgan fingerprint density at radius 3 is 2.89 bits per heavy atom. The molecule has 0 aliphatic carbocycles. The van der Waals surface area contributed by atoms with Gasteiger partial charge in [0.2, 0.25) is 10.0 Å². The Kier molecular flexibility index (Phi) is 4.74. The fourth-order valence-electron chi connectivity index (χ4n) is 1.49. The number of aromatic nitrogens is 2. The fourth-order valence-corrected chi connectivity index (χ4v) is 5.07. The summed E-state index contributed by atoms with van der Waals surface area (Å²) in [7, 11) is -3.52. The normalized spacial score (nSPS) is 11.9. The summed E-state index contributed by atoms with van der Waals surface area (Å²) in [5.41, 5.74) is 5.50. The molecule has 19 heavy (non-hydrogen) atoms. The monoisotopic (exact) mass is 364 g/mol. The highest BCUT2D eigenvalue weighted by molar-refractivity contribution is 9.11. The van der Waals surface area contributed by atoms with Crippen molar-refractivity contribution in [3.8, 4) is 0 Å². The van der Waals surface area contributed by atoms with E-state index in [4.69, 9.17) is 5.73 Å². The summed E-state index contributed by atoms with van der Waals surface area (Å²) in [5, 5.41) is 4.00. The zero-order valence-electron chi connectivity index (χ0n) is 9.91. The fraction of sp³-hybridized carbons (Fsp3) is 0.300. The Morgan fingerprint density at radius 1 is 1.53 bits per heavy atom. The van der Waals surface area contributed by atoms with Crippen LogP contribution < -0.4 is 10.5 Å². The van der Waals surface area contributed by atoms with Crippen molar-refractivity contribution in [1.29, 1.82) is 0 Å². The molecule has 2 heterocycles. The minimum absolute atomic E-state index is 0.235. The van der Waals surface area contributed by atoms with Crippen LogP contribution in [0.3, 0.4) is 0 Å². The van der Waals surface area contributed by atoms with Gasteiger partial charge in [-0.1, -0.05) is 0 Å². The lowest BCUT2D eigenvalue weighted by Crippen LogP contribution is -2.27. The van der Waals surface area contributed by atoms with Crippen LogP contribution in [0.4, 0.5) is 0 Å². The summed E-state index contributed by atoms with van der Waals surface area (Å²) < 4.78 is 29.0. The lowest BCUT2D eigenvalue weighted by Gasteiger charge is -2.05. The number of thiophene rings is 1. The predicted octanol–water partition coefficient (Wildman–Crippen LogP) is 1.14. The average Bonchev–Trinajstić information content (AvgIpc) is 2.98. The van der Waals surface area contributed by atoms with E-state index in [1.807, 2.05) is 0 Å². The minimum atomic E-state index is -3.52. The number of nitrogens with zero attached hydrogens (tertiary/aromatic N) is 2. The first-order valence-corrected chi connectivity index (χ1v) is 8.57. The quantitative estimate of drug-likeness (QED) is 0.804. The third-order valence-corrected chi connectivity index (χ3v) is 6.12. The molecule has 0 spiro atoms. The maximum Gasteiger partial charge on any atom is 0.242 e. The highest BCUT2D eigenvalue weighted by Gasteiger charge is 2.20. The maximum absolute atomic E-state index is 12.1. The molecule has 2 rings (SSSR count). The van der Waals surface area contributed by atoms with E-state index in [0.29, 0.717) is 16.9 Å². The molecular weight excluding hydrogens is 352 g/mol. The van der Waals surface area contributed by atoms with Crippen LogP contribution in [-0.4, -0.2) is 24.7 Å². The van der Waals surface area contributed by atoms with Gasteiger partial charge in [0.1, 0.15) is 4.90 Å². The smallest absolute Gasteiger partial charge is 0.242 e. The Labute approximate surface area is 123 Å². The highest BCUT2D eigenvalue weighted by Crippen LogP contribution is 2.31. The van der Waals surface area contributed by atoms with E-state index in [1.165, 1.54) is 11.3 Å². The molecule has 3 N–H and O–H groups in total. The molecule has 0 aliphatic rings. The van der Waals surface area contributed by atoms with E-state index in [-0.39, 0.29) is 11.4 Å². The first kappa shape index (κ1) is 14.7. The van der Waals surface area contributed by atoms with Crippen LogP contribution >= 0.6 is 27.3 Å². The molecule has 0 saturated heterocycles. The second kappa shape index (κ2) is 6.14. The maximum atomic E-state index is 12.1. The molecule has 0 radical (unpaired) electrons. The summed E-state index contributed by atoms with van der Waals surface area (Å²) in [6.45, 7) is 1.09. The van der Waals surface area contributed by atoms with E-state index in [2.05, 4.69) is 25.8 Å². The second-order valence-corrected chi connectivity index (χ2v) is 7.91. The Hall–Kier alpha value is -0.740. The molecule has 6 nitrogen and oxygen atoms in total. The molecule has 0 unspecified atom stereocenters. The van der Waals surface area contributed by atoms with Crippen molar-refractivity contribution in [2.24, 2.45) is 5.73 Å². The molecule has 0 aromatic carbocycles. The van der Waals surface area contributed by atoms with Gasteiger partial charge in [0, 0.05) is 30.4 Å². The van der Waals surface area contributed by atoms with Crippen molar-refractivity contribution < 1.29 is 8.42 Å². The van der Waals surface area contributed by atoms with Crippen molar-refractivity contribution in [2.45, 2.75) is 18.0 Å². The number of nitrogens with one attached hydrogen (secondary N) is 1. The predicted molar refractivity (Wildman–Crippen MR) is 77.3 cm³/mol. The summed E-state index contributed by atoms with van der Waals surface area (Å²) in [4.78, 5) is 1.05. The number of halogens is 1. The molecule has 0 saturated carbocycles. The zero-order chi connectivity index (χ0) is 13.9. The third kappa shape index (κ3) is 3.63. The topological polar surface area (TPSA) is 90.0 Å². The molecular formula is C10H13BrN4O2S2. The van der Waals surface area contributed by atoms with Gasteiger partial charge in [-0.2, -0.15) is 5.10 Å². The van der Waals surface area contributed by atoms with Crippen LogP contribution in [0.1, 0.15) is 4.88 Å². The van der Waals surface area contributed by atoms with E-state index in [0.717, 1.165) is 4.88 Å². The number of rotatable bonds is 6. The lowest BCUT2D eigenvalue weighted by atomic mass is 10.5. The van der Waals surface area contributed by atoms with Gasteiger partial charge in [-0.25, -0.2) is 13.1 Å². The molecule has 2 aromatic rings. The highest BCUT2D eigenvalue weighted by atomic mass is 79.9. The third-order valence-electron chi connectivity index (χ3n) is 2.39. The molecule has 0 atom stereocenters. The number of sulfonamides is 1. The van der Waals surface area contributed by atoms with Crippen LogP contribution in [-0.2, 0) is 23.1 Å². The summed E-state index contributed by atoms with van der Waals surface area (Å²) in [6.07, 6.45) is 3.43. The molecule has 2 aromatic heterocycles. The molecule has 0 amide bonds. The number of hydrogen-bond acceptors (Lipinski definition) is 5. The largest absolute Gasteiger partial charge is 0.326 e. The Morgan fingerprint density at radius 2 is 2.32 bits per heavy atom. The van der Waals surface area contributed by atoms with Gasteiger partial charge in [-0.05, 0) is 28.1 Å². The van der Waals surface area contributed by atoms with Crippen LogP contribution in [0.2, 0.25) is 0 Å². The van der Waals surface area contributed by atoms with E-state index in [1.54, 1.807) is 29.2 Å². The van der Waals surface area contributed by atoms with Crippen LogP contribution in [0.5, 0.6) is 0 Å². The van der Waals surface area contributed by atoms with Crippen molar-refractivity contribution in [2.75, 3.05) is 6.54 Å². The van der Waals surface area contributed by atoms with Crippen molar-refractivity contribution in [1.82, 2.24) is 14.5 Å². The molecule has 0 aliphatic heterocycles. The van der Waals surface area contributed by atoms with Crippen molar-refractivity contribution in [3.05, 3.63) is 33.2 Å². The van der Waals surface area contributed by atoms with E-state index < -0.39 is 10.0 Å². The van der Waals surface area contributed by atoms with Gasteiger partial charge in [0.15, 0.2) is 0 Å². The standard InChI is InChI=1S/C10H13BrN4O2S2/c11-10-9(6-8(7-12)18-10)19(16,17)14-3-5-15-4-1-2-13-15/h1-2,4,6,14H,3,5,7,12H2. The second-order valence-electron chi connectivity index (χ2n) is 3.72.